The zero-order valence-electron chi connectivity index (χ0n) is 28.2. The van der Waals surface area contributed by atoms with Crippen molar-refractivity contribution >= 4 is 49.0 Å². The molecular weight excluding hydrogens is 706 g/mol. The van der Waals surface area contributed by atoms with Crippen molar-refractivity contribution in [3.8, 4) is 35.0 Å². The van der Waals surface area contributed by atoms with Crippen molar-refractivity contribution < 1.29 is 31.4 Å². The van der Waals surface area contributed by atoms with E-state index in [1.807, 2.05) is 6.07 Å². The van der Waals surface area contributed by atoms with Crippen LogP contribution in [-0.4, -0.2) is 59.7 Å². The Hall–Kier alpha value is -5.52. The predicted molar refractivity (Wildman–Crippen MR) is 187 cm³/mol. The van der Waals surface area contributed by atoms with E-state index in [0.29, 0.717) is 16.9 Å². The van der Waals surface area contributed by atoms with Crippen molar-refractivity contribution in [1.82, 2.24) is 19.9 Å². The molecule has 11 nitrogen and oxygen atoms in total. The lowest BCUT2D eigenvalue weighted by molar-refractivity contribution is -0.138. The zero-order valence-corrected chi connectivity index (χ0v) is 29.1. The number of rotatable bonds is 5. The Morgan fingerprint density at radius 3 is 2.42 bits per heavy atom. The normalized spacial score (nSPS) is 15.0. The van der Waals surface area contributed by atoms with Gasteiger partial charge in [0.2, 0.25) is 0 Å². The first-order valence-electron chi connectivity index (χ1n) is 16.2. The lowest BCUT2D eigenvalue weighted by atomic mass is 9.91. The summed E-state index contributed by atoms with van der Waals surface area (Å²) in [5, 5.41) is 18.4. The van der Waals surface area contributed by atoms with Crippen LogP contribution in [-0.2, 0) is 6.18 Å². The van der Waals surface area contributed by atoms with Crippen LogP contribution in [0.5, 0.6) is 11.8 Å². The number of hydrogen-bond donors (Lipinski definition) is 2. The summed E-state index contributed by atoms with van der Waals surface area (Å²) in [6, 6.07) is 6.02. The quantitative estimate of drug-likeness (QED) is 0.176. The second-order valence-corrected chi connectivity index (χ2v) is 13.2. The Kier molecular flexibility index (Phi) is 9.94. The fourth-order valence-corrected chi connectivity index (χ4v) is 7.45. The zero-order chi connectivity index (χ0) is 37.5. The molecule has 270 valence electrons. The number of nitriles is 2. The lowest BCUT2D eigenvalue weighted by Gasteiger charge is -2.30. The third-order valence-electron chi connectivity index (χ3n) is 8.93. The van der Waals surface area contributed by atoms with Gasteiger partial charge in [-0.25, -0.2) is 13.8 Å². The number of pyridine rings is 1. The van der Waals surface area contributed by atoms with E-state index in [9.17, 15) is 14.9 Å². The van der Waals surface area contributed by atoms with Crippen molar-refractivity contribution in [3.63, 3.8) is 0 Å². The molecule has 4 N–H and O–H groups in total. The first-order chi connectivity index (χ1) is 24.8. The molecule has 2 aliphatic rings. The molecule has 0 radical (unpaired) electrons. The van der Waals surface area contributed by atoms with Crippen LogP contribution in [0.25, 0.3) is 32.1 Å². The van der Waals surface area contributed by atoms with Gasteiger partial charge in [-0.1, -0.05) is 6.07 Å². The van der Waals surface area contributed by atoms with Crippen molar-refractivity contribution in [3.05, 3.63) is 58.3 Å². The molecule has 5 heterocycles. The summed E-state index contributed by atoms with van der Waals surface area (Å²) in [6.07, 6.45) is -1.12. The molecule has 0 aliphatic carbocycles. The minimum atomic E-state index is -5.22. The van der Waals surface area contributed by atoms with Gasteiger partial charge in [0.1, 0.15) is 58.0 Å². The van der Waals surface area contributed by atoms with Gasteiger partial charge in [-0.2, -0.15) is 33.7 Å². The largest absolute Gasteiger partial charge is 0.490 e. The van der Waals surface area contributed by atoms with Crippen LogP contribution in [0.4, 0.5) is 38.6 Å². The first kappa shape index (κ1) is 36.3. The SMILES string of the molecule is CCOc1nc2c3c(c(C(F)(F)F)c(-c4ccc(F)c5sc(N)c(C#N)c45)c(F)c3n1)OCCN2[C@H](C)c1cc(C#N)cnc1N.CN1CCCC1. The van der Waals surface area contributed by atoms with Crippen LogP contribution in [0.1, 0.15) is 55.0 Å². The Morgan fingerprint density at radius 1 is 1.08 bits per heavy atom. The van der Waals surface area contributed by atoms with Gasteiger partial charge in [-0.05, 0) is 64.5 Å². The van der Waals surface area contributed by atoms with E-state index in [1.54, 1.807) is 24.8 Å². The van der Waals surface area contributed by atoms with Gasteiger partial charge in [0.05, 0.1) is 40.4 Å². The van der Waals surface area contributed by atoms with Gasteiger partial charge < -0.3 is 30.7 Å². The molecule has 0 amide bonds. The van der Waals surface area contributed by atoms with E-state index in [2.05, 4.69) is 26.9 Å². The highest BCUT2D eigenvalue weighted by atomic mass is 32.1. The summed E-state index contributed by atoms with van der Waals surface area (Å²) in [5.41, 5.74) is 8.82. The number of nitrogens with zero attached hydrogens (tertiary/aromatic N) is 7. The molecule has 2 aromatic carbocycles. The highest BCUT2D eigenvalue weighted by Gasteiger charge is 2.44. The van der Waals surface area contributed by atoms with Crippen molar-refractivity contribution in [1.29, 1.82) is 10.5 Å². The third-order valence-corrected chi connectivity index (χ3v) is 9.96. The highest BCUT2D eigenvalue weighted by Crippen LogP contribution is 2.53. The summed E-state index contributed by atoms with van der Waals surface area (Å²) in [7, 11) is 2.17. The molecule has 17 heteroatoms. The van der Waals surface area contributed by atoms with E-state index in [0.717, 1.165) is 12.1 Å². The van der Waals surface area contributed by atoms with E-state index in [1.165, 1.54) is 38.2 Å². The molecule has 3 aromatic heterocycles. The molecule has 5 aromatic rings. The summed E-state index contributed by atoms with van der Waals surface area (Å²) in [4.78, 5) is 16.5. The second kappa shape index (κ2) is 14.2. The molecule has 1 atom stereocenters. The van der Waals surface area contributed by atoms with Crippen LogP contribution in [0, 0.1) is 34.3 Å². The number of halogens is 5. The summed E-state index contributed by atoms with van der Waals surface area (Å²) >= 11 is 0.660. The fourth-order valence-electron chi connectivity index (χ4n) is 6.50. The third kappa shape index (κ3) is 6.42. The number of nitrogen functional groups attached to an aromatic ring is 2. The smallest absolute Gasteiger partial charge is 0.420 e. The van der Waals surface area contributed by atoms with Gasteiger partial charge in [-0.15, -0.1) is 11.3 Å². The van der Waals surface area contributed by atoms with E-state index in [-0.39, 0.29) is 63.6 Å². The molecule has 0 bridgehead atoms. The maximum Gasteiger partial charge on any atom is 0.420 e. The number of aromatic nitrogens is 3. The predicted octanol–water partition coefficient (Wildman–Crippen LogP) is 7.18. The number of hydrogen-bond acceptors (Lipinski definition) is 12. The molecule has 52 heavy (non-hydrogen) atoms. The summed E-state index contributed by atoms with van der Waals surface area (Å²) < 4.78 is 88.3. The minimum absolute atomic E-state index is 0.0400. The van der Waals surface area contributed by atoms with E-state index in [4.69, 9.17) is 20.9 Å². The average molecular weight is 738 g/mol. The summed E-state index contributed by atoms with van der Waals surface area (Å²) in [6.45, 7) is 5.58. The van der Waals surface area contributed by atoms with Crippen molar-refractivity contribution in [2.24, 2.45) is 0 Å². The fraction of sp³-hybridized carbons (Fsp3) is 0.343. The van der Waals surface area contributed by atoms with Crippen LogP contribution < -0.4 is 25.8 Å². The number of alkyl halides is 3. The number of ether oxygens (including phenoxy) is 2. The molecule has 0 unspecified atom stereocenters. The average Bonchev–Trinajstić information content (AvgIpc) is 3.68. The van der Waals surface area contributed by atoms with Gasteiger partial charge in [0.25, 0.3) is 0 Å². The Bertz CT molecular complexity index is 2280. The molecule has 0 spiro atoms. The molecule has 1 saturated heterocycles. The topological polar surface area (TPSA) is 163 Å². The van der Waals surface area contributed by atoms with Crippen LogP contribution in [0.2, 0.25) is 0 Å². The molecule has 7 rings (SSSR count). The second-order valence-electron chi connectivity index (χ2n) is 12.2. The van der Waals surface area contributed by atoms with Crippen LogP contribution in [0.3, 0.4) is 0 Å². The number of fused-ring (bicyclic) bond motifs is 1. The highest BCUT2D eigenvalue weighted by molar-refractivity contribution is 7.23. The Morgan fingerprint density at radius 2 is 1.81 bits per heavy atom. The molecular formula is C35H32F5N9O2S. The number of likely N-dealkylation sites (tertiary alicyclic amines) is 1. The van der Waals surface area contributed by atoms with Gasteiger partial charge >= 0.3 is 12.2 Å². The monoisotopic (exact) mass is 737 g/mol. The Labute approximate surface area is 298 Å². The number of anilines is 3. The molecule has 0 saturated carbocycles. The van der Waals surface area contributed by atoms with Gasteiger partial charge in [0, 0.05) is 22.7 Å². The maximum absolute atomic E-state index is 16.9. The molecule has 2 aliphatic heterocycles. The van der Waals surface area contributed by atoms with Crippen molar-refractivity contribution in [2.45, 2.75) is 38.9 Å². The Balaban J connectivity index is 0.000000703. The van der Waals surface area contributed by atoms with Crippen LogP contribution in [0.15, 0.2) is 24.4 Å². The number of benzene rings is 2. The number of thiophene rings is 1. The number of nitrogens with two attached hydrogens (primary N) is 2. The first-order valence-corrected chi connectivity index (χ1v) is 17.0. The van der Waals surface area contributed by atoms with Crippen molar-refractivity contribution in [2.75, 3.05) is 56.3 Å². The summed E-state index contributed by atoms with van der Waals surface area (Å²) in [5.74, 6) is -3.12. The van der Waals surface area contributed by atoms with E-state index < -0.39 is 57.2 Å². The van der Waals surface area contributed by atoms with Crippen LogP contribution >= 0.6 is 11.3 Å². The van der Waals surface area contributed by atoms with Gasteiger partial charge in [0.15, 0.2) is 5.82 Å². The van der Waals surface area contributed by atoms with E-state index >= 15 is 17.6 Å². The van der Waals surface area contributed by atoms with Gasteiger partial charge in [-0.3, -0.25) is 0 Å². The maximum atomic E-state index is 16.9. The minimum Gasteiger partial charge on any atom is -0.490 e. The standard InChI is InChI=1S/C30H21F5N8O2S.C5H11N/c1-3-44-29-41-23-20-24(45-7-6-43(28(20)42-29)12(2)15-8-13(9-36)11-40-26(15)38)21(30(33,34)35)19(22(23)32)14-4-5-17(31)25-18(14)16(10-37)27(39)46-25;1-6-4-2-3-5-6/h4-5,8,11-12H,3,6-7,39H2,1-2H3,(H2,38,40);2-5H2,1H3/t12-;/m1./s1. The molecule has 1 fully saturated rings. The lowest BCUT2D eigenvalue weighted by Crippen LogP contribution is -2.31.